The molecule has 0 spiro atoms. The third kappa shape index (κ3) is 2.44. The Bertz CT molecular complexity index is 551. The maximum atomic E-state index is 11.1. The Morgan fingerprint density at radius 3 is 2.80 bits per heavy atom. The fraction of sp³-hybridized carbons (Fsp3) is 0.692. The first-order valence-corrected chi connectivity index (χ1v) is 7.34. The van der Waals surface area contributed by atoms with Crippen LogP contribution in [0.3, 0.4) is 0 Å². The molecule has 1 aromatic rings. The number of halogens is 1. The number of anilines is 1. The van der Waals surface area contributed by atoms with Gasteiger partial charge in [-0.05, 0) is 55.5 Å². The van der Waals surface area contributed by atoms with E-state index in [4.69, 9.17) is 11.6 Å². The molecule has 20 heavy (non-hydrogen) atoms. The maximum Gasteiger partial charge on any atom is 0.332 e. The third-order valence-electron chi connectivity index (χ3n) is 4.63. The van der Waals surface area contributed by atoms with Crippen molar-refractivity contribution in [2.45, 2.75) is 32.6 Å². The van der Waals surface area contributed by atoms with E-state index < -0.39 is 4.92 Å². The Labute approximate surface area is 122 Å². The van der Waals surface area contributed by atoms with Gasteiger partial charge in [0.25, 0.3) is 0 Å². The second kappa shape index (κ2) is 5.16. The van der Waals surface area contributed by atoms with Gasteiger partial charge in [0.05, 0.1) is 4.92 Å². The summed E-state index contributed by atoms with van der Waals surface area (Å²) in [6, 6.07) is 0. The number of aryl methyl sites for hydroxylation is 1. The van der Waals surface area contributed by atoms with Crippen LogP contribution in [0.25, 0.3) is 0 Å². The van der Waals surface area contributed by atoms with Gasteiger partial charge < -0.3 is 5.32 Å². The molecule has 2 bridgehead atoms. The molecule has 0 aromatic carbocycles. The molecule has 108 valence electrons. The highest BCUT2D eigenvalue weighted by atomic mass is 35.5. The molecule has 0 aliphatic heterocycles. The van der Waals surface area contributed by atoms with Gasteiger partial charge in [0.1, 0.15) is 5.69 Å². The van der Waals surface area contributed by atoms with E-state index in [1.54, 1.807) is 6.92 Å². The zero-order chi connectivity index (χ0) is 14.3. The Morgan fingerprint density at radius 1 is 1.40 bits per heavy atom. The minimum Gasteiger partial charge on any atom is -0.364 e. The Hall–Kier alpha value is -1.43. The summed E-state index contributed by atoms with van der Waals surface area (Å²) in [5.41, 5.74) is 0.225. The zero-order valence-corrected chi connectivity index (χ0v) is 12.1. The van der Waals surface area contributed by atoms with Crippen LogP contribution in [0.1, 0.15) is 31.4 Å². The topological polar surface area (TPSA) is 81.0 Å². The van der Waals surface area contributed by atoms with Crippen molar-refractivity contribution in [3.05, 3.63) is 21.1 Å². The third-order valence-corrected chi connectivity index (χ3v) is 4.80. The van der Waals surface area contributed by atoms with Crippen molar-refractivity contribution in [2.75, 3.05) is 11.9 Å². The number of nitrogens with zero attached hydrogens (tertiary/aromatic N) is 3. The van der Waals surface area contributed by atoms with Gasteiger partial charge in [-0.15, -0.1) is 0 Å². The monoisotopic (exact) mass is 296 g/mol. The smallest absolute Gasteiger partial charge is 0.332 e. The summed E-state index contributed by atoms with van der Waals surface area (Å²) in [5, 5.41) is 14.3. The number of nitrogens with one attached hydrogen (secondary N) is 1. The van der Waals surface area contributed by atoms with Crippen molar-refractivity contribution >= 4 is 23.1 Å². The summed E-state index contributed by atoms with van der Waals surface area (Å²) in [7, 11) is 0. The molecule has 6 nitrogen and oxygen atoms in total. The van der Waals surface area contributed by atoms with Gasteiger partial charge in [0.15, 0.2) is 0 Å². The fourth-order valence-corrected chi connectivity index (χ4v) is 3.94. The van der Waals surface area contributed by atoms with Gasteiger partial charge in [-0.1, -0.05) is 6.42 Å². The van der Waals surface area contributed by atoms with Crippen LogP contribution in [0.4, 0.5) is 11.5 Å². The highest BCUT2D eigenvalue weighted by Crippen LogP contribution is 2.48. The predicted molar refractivity (Wildman–Crippen MR) is 75.9 cm³/mol. The fourth-order valence-electron chi connectivity index (χ4n) is 3.73. The molecule has 2 aliphatic rings. The van der Waals surface area contributed by atoms with E-state index in [0.29, 0.717) is 11.6 Å². The summed E-state index contributed by atoms with van der Waals surface area (Å²) in [6.45, 7) is 2.31. The second-order valence-electron chi connectivity index (χ2n) is 5.85. The van der Waals surface area contributed by atoms with Crippen LogP contribution < -0.4 is 5.32 Å². The van der Waals surface area contributed by atoms with Crippen molar-refractivity contribution in [3.8, 4) is 0 Å². The van der Waals surface area contributed by atoms with E-state index in [9.17, 15) is 10.1 Å². The molecule has 0 radical (unpaired) electrons. The lowest BCUT2D eigenvalue weighted by Gasteiger charge is -2.22. The minimum absolute atomic E-state index is 0.0449. The maximum absolute atomic E-state index is 11.1. The van der Waals surface area contributed by atoms with E-state index in [-0.39, 0.29) is 16.8 Å². The highest BCUT2D eigenvalue weighted by Gasteiger charge is 2.39. The SMILES string of the molecule is Cc1nc(Cl)nc(NCC2CC3CCC2C3)c1[N+](=O)[O-]. The molecule has 0 saturated heterocycles. The zero-order valence-electron chi connectivity index (χ0n) is 11.3. The van der Waals surface area contributed by atoms with E-state index in [1.807, 2.05) is 0 Å². The van der Waals surface area contributed by atoms with Gasteiger partial charge in [-0.3, -0.25) is 10.1 Å². The molecular weight excluding hydrogens is 280 g/mol. The average molecular weight is 297 g/mol. The lowest BCUT2D eigenvalue weighted by molar-refractivity contribution is -0.385. The predicted octanol–water partition coefficient (Wildman–Crippen LogP) is 3.19. The van der Waals surface area contributed by atoms with Crippen molar-refractivity contribution in [2.24, 2.45) is 17.8 Å². The lowest BCUT2D eigenvalue weighted by atomic mass is 9.89. The Kier molecular flexibility index (Phi) is 3.50. The van der Waals surface area contributed by atoms with Crippen LogP contribution in [0.2, 0.25) is 5.28 Å². The van der Waals surface area contributed by atoms with Crippen LogP contribution in [0.15, 0.2) is 0 Å². The molecular formula is C13H17ClN4O2. The molecule has 0 amide bonds. The van der Waals surface area contributed by atoms with Crippen LogP contribution >= 0.6 is 11.6 Å². The van der Waals surface area contributed by atoms with Crippen LogP contribution in [-0.4, -0.2) is 21.4 Å². The summed E-state index contributed by atoms with van der Waals surface area (Å²) in [5.74, 6) is 2.47. The summed E-state index contributed by atoms with van der Waals surface area (Å²) in [4.78, 5) is 18.5. The molecule has 2 aliphatic carbocycles. The normalized spacial score (nSPS) is 27.8. The highest BCUT2D eigenvalue weighted by molar-refractivity contribution is 6.28. The lowest BCUT2D eigenvalue weighted by Crippen LogP contribution is -2.21. The van der Waals surface area contributed by atoms with Crippen molar-refractivity contribution < 1.29 is 4.92 Å². The quantitative estimate of drug-likeness (QED) is 0.524. The van der Waals surface area contributed by atoms with Crippen LogP contribution in [0, 0.1) is 34.8 Å². The van der Waals surface area contributed by atoms with Gasteiger partial charge in [0, 0.05) is 6.54 Å². The molecule has 7 heteroatoms. The Morgan fingerprint density at radius 2 is 2.20 bits per heavy atom. The second-order valence-corrected chi connectivity index (χ2v) is 6.19. The number of rotatable bonds is 4. The van der Waals surface area contributed by atoms with Crippen molar-refractivity contribution in [1.29, 1.82) is 0 Å². The number of fused-ring (bicyclic) bond motifs is 2. The van der Waals surface area contributed by atoms with Gasteiger partial charge in [-0.25, -0.2) is 4.98 Å². The van der Waals surface area contributed by atoms with Gasteiger partial charge in [-0.2, -0.15) is 4.98 Å². The van der Waals surface area contributed by atoms with Gasteiger partial charge in [0.2, 0.25) is 11.1 Å². The molecule has 3 unspecified atom stereocenters. The summed E-state index contributed by atoms with van der Waals surface area (Å²) < 4.78 is 0. The average Bonchev–Trinajstić information content (AvgIpc) is 2.96. The minimum atomic E-state index is -0.450. The summed E-state index contributed by atoms with van der Waals surface area (Å²) in [6.07, 6.45) is 5.18. The number of hydrogen-bond acceptors (Lipinski definition) is 5. The van der Waals surface area contributed by atoms with Crippen molar-refractivity contribution in [1.82, 2.24) is 9.97 Å². The number of nitro groups is 1. The van der Waals surface area contributed by atoms with Crippen LogP contribution in [-0.2, 0) is 0 Å². The standard InChI is InChI=1S/C13H17ClN4O2/c1-7-11(18(19)20)12(17-13(14)16-7)15-6-10-5-8-2-3-9(10)4-8/h8-10H,2-6H2,1H3,(H,15,16,17). The van der Waals surface area contributed by atoms with E-state index >= 15 is 0 Å². The number of hydrogen-bond donors (Lipinski definition) is 1. The van der Waals surface area contributed by atoms with Gasteiger partial charge >= 0.3 is 5.69 Å². The van der Waals surface area contributed by atoms with Crippen molar-refractivity contribution in [3.63, 3.8) is 0 Å². The first-order valence-electron chi connectivity index (χ1n) is 6.97. The summed E-state index contributed by atoms with van der Waals surface area (Å²) >= 11 is 5.80. The molecule has 2 fully saturated rings. The van der Waals surface area contributed by atoms with E-state index in [1.165, 1.54) is 25.7 Å². The van der Waals surface area contributed by atoms with Crippen LogP contribution in [0.5, 0.6) is 0 Å². The molecule has 1 N–H and O–H groups in total. The molecule has 2 saturated carbocycles. The van der Waals surface area contributed by atoms with E-state index in [2.05, 4.69) is 15.3 Å². The first kappa shape index (κ1) is 13.5. The first-order chi connectivity index (χ1) is 9.54. The van der Waals surface area contributed by atoms with E-state index in [0.717, 1.165) is 18.4 Å². The molecule has 3 atom stereocenters. The Balaban J connectivity index is 1.75. The molecule has 3 rings (SSSR count). The number of aromatic nitrogens is 2. The molecule has 1 heterocycles. The molecule has 1 aromatic heterocycles. The largest absolute Gasteiger partial charge is 0.364 e.